The van der Waals surface area contributed by atoms with E-state index < -0.39 is 58.4 Å². The van der Waals surface area contributed by atoms with E-state index in [2.05, 4.69) is 11.9 Å². The lowest BCUT2D eigenvalue weighted by molar-refractivity contribution is -0.308. The lowest BCUT2D eigenvalue weighted by Crippen LogP contribution is -2.60. The molecule has 0 radical (unpaired) electrons. The van der Waals surface area contributed by atoms with Crippen LogP contribution < -0.4 is 10.5 Å². The van der Waals surface area contributed by atoms with Crippen molar-refractivity contribution >= 4 is 31.6 Å². The minimum Gasteiger partial charge on any atom is -0.363 e. The van der Waals surface area contributed by atoms with Crippen molar-refractivity contribution in [3.8, 4) is 0 Å². The molecule has 1 heterocycles. The minimum atomic E-state index is -4.29. The molecule has 0 saturated heterocycles. The van der Waals surface area contributed by atoms with E-state index >= 15 is 0 Å². The van der Waals surface area contributed by atoms with E-state index in [-0.39, 0.29) is 17.3 Å². The monoisotopic (exact) mass is 406 g/mol. The van der Waals surface area contributed by atoms with Crippen molar-refractivity contribution < 1.29 is 42.4 Å². The lowest BCUT2D eigenvalue weighted by atomic mass is 10.0. The molecule has 11 nitrogen and oxygen atoms in total. The largest absolute Gasteiger partial charge is 0.363 e. The van der Waals surface area contributed by atoms with Crippen LogP contribution in [0.5, 0.6) is 0 Å². The Balaban J connectivity index is 3.33. The van der Waals surface area contributed by atoms with Gasteiger partial charge in [0.25, 0.3) is 5.97 Å². The number of aliphatic hydroxyl groups is 5. The zero-order valence-electron chi connectivity index (χ0n) is 12.4. The van der Waals surface area contributed by atoms with E-state index in [0.717, 1.165) is 6.92 Å². The van der Waals surface area contributed by atoms with Gasteiger partial charge < -0.3 is 25.5 Å². The number of primary sulfonamides is 1. The minimum absolute atomic E-state index is 0.215. The van der Waals surface area contributed by atoms with Crippen molar-refractivity contribution in [2.75, 3.05) is 12.3 Å². The Morgan fingerprint density at radius 3 is 2.38 bits per heavy atom. The van der Waals surface area contributed by atoms with Gasteiger partial charge in [0, 0.05) is 0 Å². The molecular weight excluding hydrogens is 388 g/mol. The van der Waals surface area contributed by atoms with Crippen LogP contribution in [-0.2, 0) is 19.9 Å². The molecule has 0 fully saturated rings. The van der Waals surface area contributed by atoms with Gasteiger partial charge in [-0.25, -0.2) is 22.0 Å². The zero-order valence-corrected chi connectivity index (χ0v) is 14.8. The summed E-state index contributed by atoms with van der Waals surface area (Å²) in [4.78, 5) is 0. The summed E-state index contributed by atoms with van der Waals surface area (Å²) in [6.45, 7) is 3.36. The molecule has 0 aromatic carbocycles. The fourth-order valence-electron chi connectivity index (χ4n) is 2.00. The Labute approximate surface area is 142 Å². The molecule has 24 heavy (non-hydrogen) atoms. The van der Waals surface area contributed by atoms with Crippen LogP contribution in [-0.4, -0.2) is 72.5 Å². The number of rotatable bonds is 6. The predicted molar refractivity (Wildman–Crippen MR) is 84.7 cm³/mol. The van der Waals surface area contributed by atoms with E-state index in [9.17, 15) is 27.0 Å². The molecule has 140 valence electrons. The third-order valence-corrected chi connectivity index (χ3v) is 7.99. The van der Waals surface area contributed by atoms with Crippen molar-refractivity contribution in [2.45, 2.75) is 24.7 Å². The summed E-state index contributed by atoms with van der Waals surface area (Å²) in [5.41, 5.74) is -0.231. The number of hydrogen-bond acceptors (Lipinski definition) is 11. The number of hydrogen-bond donors (Lipinski definition) is 7. The molecule has 0 aromatic rings. The van der Waals surface area contributed by atoms with Crippen LogP contribution in [0.1, 0.15) is 6.92 Å². The van der Waals surface area contributed by atoms with Gasteiger partial charge in [-0.05, 0) is 12.5 Å². The second kappa shape index (κ2) is 6.64. The van der Waals surface area contributed by atoms with Crippen molar-refractivity contribution in [2.24, 2.45) is 5.14 Å². The van der Waals surface area contributed by atoms with Gasteiger partial charge in [0.05, 0.1) is 12.6 Å². The third-order valence-electron chi connectivity index (χ3n) is 2.97. The summed E-state index contributed by atoms with van der Waals surface area (Å²) in [6, 6.07) is -1.55. The maximum atomic E-state index is 12.2. The van der Waals surface area contributed by atoms with Crippen LogP contribution in [0, 0.1) is 0 Å². The van der Waals surface area contributed by atoms with Gasteiger partial charge in [0.1, 0.15) is 14.2 Å². The summed E-state index contributed by atoms with van der Waals surface area (Å²) >= 11 is 0.215. The van der Waals surface area contributed by atoms with E-state index in [1.807, 2.05) is 0 Å². The Kier molecular flexibility index (Phi) is 5.94. The average Bonchev–Trinajstić information content (AvgIpc) is 2.29. The summed E-state index contributed by atoms with van der Waals surface area (Å²) < 4.78 is 45.6. The number of nitrogens with two attached hydrogens (primary N) is 1. The van der Waals surface area contributed by atoms with E-state index in [0.29, 0.717) is 0 Å². The van der Waals surface area contributed by atoms with Gasteiger partial charge >= 0.3 is 0 Å². The molecule has 0 aromatic heterocycles. The molecule has 0 aliphatic carbocycles. The van der Waals surface area contributed by atoms with Crippen molar-refractivity contribution in [3.63, 3.8) is 0 Å². The summed E-state index contributed by atoms with van der Waals surface area (Å²) in [5, 5.41) is 53.4. The van der Waals surface area contributed by atoms with Crippen LogP contribution in [0.25, 0.3) is 0 Å². The molecule has 14 heteroatoms. The number of sulfonamides is 1. The predicted octanol–water partition coefficient (Wildman–Crippen LogP) is -3.59. The lowest BCUT2D eigenvalue weighted by Gasteiger charge is -2.38. The number of sulfone groups is 1. The Morgan fingerprint density at radius 1 is 1.46 bits per heavy atom. The Morgan fingerprint density at radius 2 is 1.96 bits per heavy atom. The maximum Gasteiger partial charge on any atom is 0.288 e. The van der Waals surface area contributed by atoms with E-state index in [1.54, 1.807) is 0 Å². The first-order valence-corrected chi connectivity index (χ1v) is 10.2. The number of thioether (sulfide) groups is 1. The zero-order chi connectivity index (χ0) is 19.1. The first-order chi connectivity index (χ1) is 10.5. The molecule has 0 saturated carbocycles. The smallest absolute Gasteiger partial charge is 0.288 e. The highest BCUT2D eigenvalue weighted by Gasteiger charge is 2.48. The Bertz CT molecular complexity index is 762. The molecule has 1 aliphatic rings. The molecule has 0 bridgehead atoms. The first-order valence-electron chi connectivity index (χ1n) is 6.16. The normalized spacial score (nSPS) is 24.0. The van der Waals surface area contributed by atoms with Gasteiger partial charge in [0.15, 0.2) is 15.6 Å². The topological polar surface area (TPSA) is 207 Å². The number of nitrogens with one attached hydrogen (secondary N) is 1. The van der Waals surface area contributed by atoms with Crippen molar-refractivity contribution in [1.29, 1.82) is 0 Å². The fourth-order valence-corrected chi connectivity index (χ4v) is 5.81. The van der Waals surface area contributed by atoms with Crippen LogP contribution in [0.15, 0.2) is 20.6 Å². The molecule has 1 atom stereocenters. The van der Waals surface area contributed by atoms with E-state index in [1.165, 1.54) is 0 Å². The third kappa shape index (κ3) is 5.22. The second-order valence-electron chi connectivity index (χ2n) is 5.22. The highest BCUT2D eigenvalue weighted by molar-refractivity contribution is 8.27. The van der Waals surface area contributed by atoms with E-state index in [4.69, 9.17) is 20.5 Å². The highest BCUT2D eigenvalue weighted by atomic mass is 32.3. The molecular formula is C10H18N2O9S3. The quantitative estimate of drug-likeness (QED) is 0.214. The SMILES string of the molecule is C=C(SC1=C(C)C(NCC(O)(O)O)C(O)(O)CS1(=O)=O)S(N)(=O)=O. The van der Waals surface area contributed by atoms with Gasteiger partial charge in [-0.15, -0.1) is 0 Å². The first kappa shape index (κ1) is 21.5. The van der Waals surface area contributed by atoms with Crippen molar-refractivity contribution in [3.05, 3.63) is 20.6 Å². The van der Waals surface area contributed by atoms with Crippen LogP contribution in [0.2, 0.25) is 0 Å². The summed E-state index contributed by atoms with van der Waals surface area (Å²) in [5.74, 6) is -7.24. The summed E-state index contributed by atoms with van der Waals surface area (Å²) in [7, 11) is -8.54. The van der Waals surface area contributed by atoms with Gasteiger partial charge in [-0.2, -0.15) is 0 Å². The van der Waals surface area contributed by atoms with Crippen LogP contribution in [0.4, 0.5) is 0 Å². The molecule has 0 amide bonds. The standard InChI is InChI=1S/C10H18N2O9S3/c1-5-7(12-3-10(15,16)17)9(13,14)4-23(18,19)8(5)22-6(2)24(11,20)21/h7,12-17H,2-4H2,1H3,(H2,11,20,21). The average molecular weight is 406 g/mol. The van der Waals surface area contributed by atoms with Crippen LogP contribution in [0.3, 0.4) is 0 Å². The Hall–Kier alpha value is -0.550. The van der Waals surface area contributed by atoms with Gasteiger partial charge in [-0.1, -0.05) is 18.3 Å². The summed E-state index contributed by atoms with van der Waals surface area (Å²) in [6.07, 6.45) is 0. The maximum absolute atomic E-state index is 12.2. The molecule has 0 spiro atoms. The molecule has 1 unspecified atom stereocenters. The molecule has 1 rings (SSSR count). The van der Waals surface area contributed by atoms with Crippen molar-refractivity contribution in [1.82, 2.24) is 5.32 Å². The molecule has 8 N–H and O–H groups in total. The van der Waals surface area contributed by atoms with Gasteiger partial charge in [0.2, 0.25) is 10.0 Å². The second-order valence-corrected chi connectivity index (χ2v) is 10.3. The highest BCUT2D eigenvalue weighted by Crippen LogP contribution is 2.40. The van der Waals surface area contributed by atoms with Gasteiger partial charge in [-0.3, -0.25) is 5.32 Å². The van der Waals surface area contributed by atoms with Crippen LogP contribution >= 0.6 is 11.8 Å². The fraction of sp³-hybridized carbons (Fsp3) is 0.600. The molecule has 1 aliphatic heterocycles.